The summed E-state index contributed by atoms with van der Waals surface area (Å²) >= 11 is 0. The molecule has 0 unspecified atom stereocenters. The van der Waals surface area contributed by atoms with Crippen LogP contribution in [0.25, 0.3) is 5.57 Å². The van der Waals surface area contributed by atoms with Crippen LogP contribution in [0.4, 0.5) is 0 Å². The van der Waals surface area contributed by atoms with Gasteiger partial charge in [-0.2, -0.15) is 0 Å². The standard InChI is InChI=1S/C12H14N2/c1-2-10(8-13-4-1)11-6-9-3-5-14-12(9)7-11/h1-2,4,6,8-9,12,14H,3,5,7H2/t9-,12+/m0/s1. The molecule has 0 radical (unpaired) electrons. The highest BCUT2D eigenvalue weighted by molar-refractivity contribution is 5.68. The second kappa shape index (κ2) is 3.21. The van der Waals surface area contributed by atoms with Gasteiger partial charge in [0.1, 0.15) is 0 Å². The summed E-state index contributed by atoms with van der Waals surface area (Å²) in [6, 6.07) is 4.86. The van der Waals surface area contributed by atoms with Crippen molar-refractivity contribution >= 4 is 5.57 Å². The van der Waals surface area contributed by atoms with Crippen LogP contribution in [0.1, 0.15) is 18.4 Å². The molecular weight excluding hydrogens is 172 g/mol. The summed E-state index contributed by atoms with van der Waals surface area (Å²) < 4.78 is 0. The van der Waals surface area contributed by atoms with Gasteiger partial charge in [0.05, 0.1) is 0 Å². The predicted molar refractivity (Wildman–Crippen MR) is 56.7 cm³/mol. The normalized spacial score (nSPS) is 30.1. The maximum absolute atomic E-state index is 4.16. The molecule has 0 saturated carbocycles. The van der Waals surface area contributed by atoms with Crippen molar-refractivity contribution in [2.45, 2.75) is 18.9 Å². The monoisotopic (exact) mass is 186 g/mol. The fourth-order valence-corrected chi connectivity index (χ4v) is 2.54. The highest BCUT2D eigenvalue weighted by atomic mass is 15.0. The average Bonchev–Trinajstić information content (AvgIpc) is 2.78. The molecule has 3 rings (SSSR count). The van der Waals surface area contributed by atoms with E-state index < -0.39 is 0 Å². The van der Waals surface area contributed by atoms with E-state index in [9.17, 15) is 0 Å². The van der Waals surface area contributed by atoms with Gasteiger partial charge in [-0.25, -0.2) is 0 Å². The number of fused-ring (bicyclic) bond motifs is 1. The summed E-state index contributed by atoms with van der Waals surface area (Å²) in [6.45, 7) is 1.19. The van der Waals surface area contributed by atoms with E-state index in [2.05, 4.69) is 22.4 Å². The van der Waals surface area contributed by atoms with Crippen LogP contribution >= 0.6 is 0 Å². The fraction of sp³-hybridized carbons (Fsp3) is 0.417. The summed E-state index contributed by atoms with van der Waals surface area (Å²) in [4.78, 5) is 4.16. The third kappa shape index (κ3) is 1.26. The third-order valence-electron chi connectivity index (χ3n) is 3.29. The molecule has 0 spiro atoms. The first kappa shape index (κ1) is 8.18. The molecule has 2 heteroatoms. The van der Waals surface area contributed by atoms with E-state index in [0.29, 0.717) is 6.04 Å². The Bertz CT molecular complexity index is 356. The van der Waals surface area contributed by atoms with Crippen LogP contribution in [-0.2, 0) is 0 Å². The molecule has 1 aliphatic carbocycles. The molecule has 1 aromatic rings. The van der Waals surface area contributed by atoms with Crippen LogP contribution in [0.5, 0.6) is 0 Å². The number of nitrogens with one attached hydrogen (secondary N) is 1. The average molecular weight is 186 g/mol. The molecule has 1 saturated heterocycles. The number of hydrogen-bond acceptors (Lipinski definition) is 2. The lowest BCUT2D eigenvalue weighted by atomic mass is 10.1. The molecule has 72 valence electrons. The minimum atomic E-state index is 0.699. The van der Waals surface area contributed by atoms with E-state index in [1.165, 1.54) is 30.5 Å². The highest BCUT2D eigenvalue weighted by Gasteiger charge is 2.31. The van der Waals surface area contributed by atoms with Gasteiger partial charge >= 0.3 is 0 Å². The van der Waals surface area contributed by atoms with E-state index in [0.717, 1.165) is 5.92 Å². The van der Waals surface area contributed by atoms with Gasteiger partial charge < -0.3 is 5.32 Å². The maximum Gasteiger partial charge on any atom is 0.0342 e. The molecular formula is C12H14N2. The molecule has 2 aliphatic rings. The molecule has 1 fully saturated rings. The largest absolute Gasteiger partial charge is 0.313 e. The summed E-state index contributed by atoms with van der Waals surface area (Å²) in [5.41, 5.74) is 2.77. The van der Waals surface area contributed by atoms with Gasteiger partial charge in [-0.15, -0.1) is 0 Å². The topological polar surface area (TPSA) is 24.9 Å². The van der Waals surface area contributed by atoms with Crippen molar-refractivity contribution in [1.82, 2.24) is 10.3 Å². The molecule has 1 aromatic heterocycles. The van der Waals surface area contributed by atoms with Gasteiger partial charge in [0.15, 0.2) is 0 Å². The van der Waals surface area contributed by atoms with Crippen LogP contribution in [0.15, 0.2) is 30.6 Å². The van der Waals surface area contributed by atoms with Crippen LogP contribution in [0.3, 0.4) is 0 Å². The maximum atomic E-state index is 4.16. The fourth-order valence-electron chi connectivity index (χ4n) is 2.54. The summed E-state index contributed by atoms with van der Waals surface area (Å²) in [5.74, 6) is 0.769. The SMILES string of the molecule is C1=C(c2cccnc2)C[C@H]2NCC[C@@H]12. The summed E-state index contributed by atoms with van der Waals surface area (Å²) in [6.07, 6.45) is 8.71. The lowest BCUT2D eigenvalue weighted by Crippen LogP contribution is -2.22. The Labute approximate surface area is 84.1 Å². The second-order valence-electron chi connectivity index (χ2n) is 4.15. The van der Waals surface area contributed by atoms with Gasteiger partial charge in [-0.3, -0.25) is 4.98 Å². The number of pyridine rings is 1. The zero-order valence-corrected chi connectivity index (χ0v) is 8.11. The molecule has 2 heterocycles. The van der Waals surface area contributed by atoms with Gasteiger partial charge in [0, 0.05) is 18.4 Å². The molecule has 0 bridgehead atoms. The van der Waals surface area contributed by atoms with Crippen molar-refractivity contribution in [3.8, 4) is 0 Å². The highest BCUT2D eigenvalue weighted by Crippen LogP contribution is 2.35. The Morgan fingerprint density at radius 3 is 3.21 bits per heavy atom. The first-order valence-corrected chi connectivity index (χ1v) is 5.28. The first-order valence-electron chi connectivity index (χ1n) is 5.28. The zero-order valence-electron chi connectivity index (χ0n) is 8.11. The summed E-state index contributed by atoms with van der Waals surface area (Å²) in [5, 5.41) is 3.55. The predicted octanol–water partition coefficient (Wildman–Crippen LogP) is 1.85. The van der Waals surface area contributed by atoms with Crippen molar-refractivity contribution in [2.24, 2.45) is 5.92 Å². The van der Waals surface area contributed by atoms with Crippen LogP contribution in [0.2, 0.25) is 0 Å². The third-order valence-corrected chi connectivity index (χ3v) is 3.29. The summed E-state index contributed by atoms with van der Waals surface area (Å²) in [7, 11) is 0. The van der Waals surface area contributed by atoms with E-state index in [-0.39, 0.29) is 0 Å². The Morgan fingerprint density at radius 2 is 2.43 bits per heavy atom. The Morgan fingerprint density at radius 1 is 1.43 bits per heavy atom. The number of hydrogen-bond donors (Lipinski definition) is 1. The lowest BCUT2D eigenvalue weighted by molar-refractivity contribution is 0.563. The van der Waals surface area contributed by atoms with Crippen LogP contribution < -0.4 is 5.32 Å². The molecule has 1 aliphatic heterocycles. The van der Waals surface area contributed by atoms with Crippen LogP contribution in [-0.4, -0.2) is 17.6 Å². The van der Waals surface area contributed by atoms with E-state index >= 15 is 0 Å². The van der Waals surface area contributed by atoms with Crippen molar-refractivity contribution < 1.29 is 0 Å². The van der Waals surface area contributed by atoms with E-state index in [1.807, 2.05) is 18.5 Å². The molecule has 2 atom stereocenters. The minimum absolute atomic E-state index is 0.699. The number of nitrogens with zero attached hydrogens (tertiary/aromatic N) is 1. The van der Waals surface area contributed by atoms with Gasteiger partial charge in [0.25, 0.3) is 0 Å². The smallest absolute Gasteiger partial charge is 0.0342 e. The van der Waals surface area contributed by atoms with Crippen molar-refractivity contribution in [1.29, 1.82) is 0 Å². The molecule has 2 nitrogen and oxygen atoms in total. The first-order chi connectivity index (χ1) is 6.93. The van der Waals surface area contributed by atoms with Crippen LogP contribution in [0, 0.1) is 5.92 Å². The minimum Gasteiger partial charge on any atom is -0.313 e. The molecule has 14 heavy (non-hydrogen) atoms. The van der Waals surface area contributed by atoms with Crippen molar-refractivity contribution in [3.05, 3.63) is 36.2 Å². The zero-order chi connectivity index (χ0) is 9.38. The lowest BCUT2D eigenvalue weighted by Gasteiger charge is -2.07. The van der Waals surface area contributed by atoms with Gasteiger partial charge in [-0.05, 0) is 42.5 Å². The second-order valence-corrected chi connectivity index (χ2v) is 4.15. The van der Waals surface area contributed by atoms with Crippen molar-refractivity contribution in [3.63, 3.8) is 0 Å². The van der Waals surface area contributed by atoms with Gasteiger partial charge in [0.2, 0.25) is 0 Å². The molecule has 1 N–H and O–H groups in total. The quantitative estimate of drug-likeness (QED) is 0.724. The Hall–Kier alpha value is -1.15. The Kier molecular flexibility index (Phi) is 1.88. The molecule has 0 amide bonds. The Balaban J connectivity index is 1.88. The number of aromatic nitrogens is 1. The van der Waals surface area contributed by atoms with E-state index in [1.54, 1.807) is 0 Å². The van der Waals surface area contributed by atoms with Crippen molar-refractivity contribution in [2.75, 3.05) is 6.54 Å². The number of rotatable bonds is 1. The molecule has 0 aromatic carbocycles. The van der Waals surface area contributed by atoms with Gasteiger partial charge in [-0.1, -0.05) is 12.1 Å². The van der Waals surface area contributed by atoms with E-state index in [4.69, 9.17) is 0 Å².